The van der Waals surface area contributed by atoms with Crippen LogP contribution in [0.4, 0.5) is 0 Å². The zero-order valence-electron chi connectivity index (χ0n) is 38.6. The quantitative estimate of drug-likeness (QED) is 0.0284. The van der Waals surface area contributed by atoms with Gasteiger partial charge < -0.3 is 23.8 Å². The van der Waals surface area contributed by atoms with E-state index in [2.05, 4.69) is 98.9 Å². The smallest absolute Gasteiger partial charge is 0.362 e. The summed E-state index contributed by atoms with van der Waals surface area (Å²) in [6.45, 7) is 4.49. The number of allylic oxidation sites excluding steroid dienone is 16. The van der Waals surface area contributed by atoms with Crippen molar-refractivity contribution in [1.29, 1.82) is 0 Å². The molecule has 0 saturated heterocycles. The van der Waals surface area contributed by atoms with Crippen LogP contribution in [0.5, 0.6) is 0 Å². The molecular weight excluding hydrogens is 751 g/mol. The van der Waals surface area contributed by atoms with Crippen LogP contribution in [0.25, 0.3) is 0 Å². The summed E-state index contributed by atoms with van der Waals surface area (Å²) in [5.74, 6) is -1.60. The van der Waals surface area contributed by atoms with Crippen LogP contribution in [0.3, 0.4) is 0 Å². The van der Waals surface area contributed by atoms with Gasteiger partial charge in [-0.1, -0.05) is 156 Å². The Morgan fingerprint density at radius 1 is 0.517 bits per heavy atom. The molecule has 0 aromatic rings. The normalized spacial score (nSPS) is 13.8. The topological polar surface area (TPSA) is 99.1 Å². The minimum absolute atomic E-state index is 0.0222. The van der Waals surface area contributed by atoms with Crippen molar-refractivity contribution in [2.75, 3.05) is 41.0 Å². The fraction of sp³-hybridized carbons (Fsp3) is 0.635. The molecule has 0 bridgehead atoms. The van der Waals surface area contributed by atoms with Gasteiger partial charge in [-0.15, -0.1) is 0 Å². The molecule has 0 rings (SSSR count). The van der Waals surface area contributed by atoms with Gasteiger partial charge in [0.05, 0.1) is 34.4 Å². The average molecular weight is 837 g/mol. The molecule has 0 saturated carbocycles. The molecule has 1 N–H and O–H groups in total. The van der Waals surface area contributed by atoms with E-state index in [1.54, 1.807) is 0 Å². The second-order valence-electron chi connectivity index (χ2n) is 16.3. The monoisotopic (exact) mass is 837 g/mol. The van der Waals surface area contributed by atoms with Crippen LogP contribution in [0.15, 0.2) is 97.2 Å². The average Bonchev–Trinajstić information content (AvgIpc) is 3.21. The highest BCUT2D eigenvalue weighted by Crippen LogP contribution is 2.12. The van der Waals surface area contributed by atoms with E-state index in [1.165, 1.54) is 51.4 Å². The highest BCUT2D eigenvalue weighted by atomic mass is 16.6. The molecule has 0 aliphatic rings. The molecule has 340 valence electrons. The summed E-state index contributed by atoms with van der Waals surface area (Å²) in [7, 11) is 5.49. The Kier molecular flexibility index (Phi) is 39.3. The van der Waals surface area contributed by atoms with Gasteiger partial charge in [0.1, 0.15) is 6.61 Å². The van der Waals surface area contributed by atoms with E-state index in [4.69, 9.17) is 14.2 Å². The summed E-state index contributed by atoms with van der Waals surface area (Å²) >= 11 is 0. The van der Waals surface area contributed by atoms with Crippen molar-refractivity contribution < 1.29 is 38.2 Å². The summed E-state index contributed by atoms with van der Waals surface area (Å²) in [5, 5.41) is 9.63. The zero-order chi connectivity index (χ0) is 44.2. The minimum atomic E-state index is -0.891. The van der Waals surface area contributed by atoms with Gasteiger partial charge in [-0.2, -0.15) is 0 Å². The molecular formula is C52H86NO7+. The highest BCUT2D eigenvalue weighted by Gasteiger charge is 2.31. The number of aliphatic carboxylic acids is 1. The lowest BCUT2D eigenvalue weighted by Crippen LogP contribution is -2.50. The lowest BCUT2D eigenvalue weighted by Gasteiger charge is -2.31. The fourth-order valence-corrected chi connectivity index (χ4v) is 6.15. The maximum atomic E-state index is 12.7. The Morgan fingerprint density at radius 2 is 0.967 bits per heavy atom. The SMILES string of the molecule is CC/C=C\C/C=C\C/C=C\C/C=C\C/C=C\C/C=C\CCC(=O)OC(COCCC(C(=O)O)[N+](C)(C)C)COC(=O)CCCCCCCCC/C=C\C/C=C\CCCCC. The van der Waals surface area contributed by atoms with Gasteiger partial charge in [-0.25, -0.2) is 4.79 Å². The molecule has 0 aromatic carbocycles. The van der Waals surface area contributed by atoms with Crippen molar-refractivity contribution in [3.05, 3.63) is 97.2 Å². The molecule has 0 radical (unpaired) electrons. The summed E-state index contributed by atoms with van der Waals surface area (Å²) in [5.41, 5.74) is 0. The van der Waals surface area contributed by atoms with Gasteiger partial charge in [0.15, 0.2) is 12.1 Å². The number of unbranched alkanes of at least 4 members (excludes halogenated alkanes) is 10. The van der Waals surface area contributed by atoms with Gasteiger partial charge >= 0.3 is 17.9 Å². The van der Waals surface area contributed by atoms with Crippen molar-refractivity contribution in [2.24, 2.45) is 0 Å². The van der Waals surface area contributed by atoms with Crippen LogP contribution in [-0.4, -0.2) is 80.6 Å². The number of carbonyl (C=O) groups excluding carboxylic acids is 2. The third-order valence-corrected chi connectivity index (χ3v) is 9.73. The summed E-state index contributed by atoms with van der Waals surface area (Å²) in [6, 6.07) is -0.634. The van der Waals surface area contributed by atoms with E-state index < -0.39 is 24.1 Å². The van der Waals surface area contributed by atoms with Crippen molar-refractivity contribution in [3.8, 4) is 0 Å². The van der Waals surface area contributed by atoms with E-state index in [1.807, 2.05) is 33.3 Å². The van der Waals surface area contributed by atoms with Crippen molar-refractivity contribution >= 4 is 17.9 Å². The van der Waals surface area contributed by atoms with Crippen LogP contribution < -0.4 is 0 Å². The molecule has 0 amide bonds. The Labute approximate surface area is 366 Å². The predicted molar refractivity (Wildman–Crippen MR) is 252 cm³/mol. The third-order valence-electron chi connectivity index (χ3n) is 9.73. The Bertz CT molecular complexity index is 1300. The number of quaternary nitrogens is 1. The molecule has 2 atom stereocenters. The van der Waals surface area contributed by atoms with E-state index in [9.17, 15) is 19.5 Å². The van der Waals surface area contributed by atoms with Gasteiger partial charge in [-0.3, -0.25) is 9.59 Å². The number of carboxylic acids is 1. The lowest BCUT2D eigenvalue weighted by molar-refractivity contribution is -0.887. The second-order valence-corrected chi connectivity index (χ2v) is 16.3. The van der Waals surface area contributed by atoms with Crippen molar-refractivity contribution in [3.63, 3.8) is 0 Å². The van der Waals surface area contributed by atoms with E-state index in [0.717, 1.165) is 70.6 Å². The second kappa shape index (κ2) is 42.0. The first-order chi connectivity index (χ1) is 29.1. The van der Waals surface area contributed by atoms with Gasteiger partial charge in [-0.05, 0) is 83.5 Å². The predicted octanol–water partition coefficient (Wildman–Crippen LogP) is 13.1. The summed E-state index contributed by atoms with van der Waals surface area (Å²) in [6.07, 6.45) is 56.1. The van der Waals surface area contributed by atoms with Crippen molar-refractivity contribution in [1.82, 2.24) is 0 Å². The molecule has 0 aliphatic heterocycles. The standard InChI is InChI=1S/C52H85NO7/c1-6-8-10-12-14-16-18-20-22-24-25-27-29-31-33-35-37-39-41-43-51(55)60-48(46-58-45-44-49(52(56)57)53(3,4)5)47-59-50(54)42-40-38-36-34-32-30-28-26-23-21-19-17-15-13-11-9-7-2/h8,10,14-17,20-23,25,27,31,33,37,39,48-49H,6-7,9,11-13,18-19,24,26,28-30,32,34-36,38,40-47H2,1-5H3/p+1/b10-8-,16-14-,17-15-,22-20-,23-21-,27-25-,33-31-,39-37-. The number of carbonyl (C=O) groups is 3. The number of hydrogen-bond donors (Lipinski definition) is 1. The largest absolute Gasteiger partial charge is 0.477 e. The number of hydrogen-bond acceptors (Lipinski definition) is 6. The van der Waals surface area contributed by atoms with Crippen LogP contribution >= 0.6 is 0 Å². The Hall–Kier alpha value is -3.75. The number of nitrogens with zero attached hydrogens (tertiary/aromatic N) is 1. The van der Waals surface area contributed by atoms with E-state index in [0.29, 0.717) is 19.3 Å². The Morgan fingerprint density at radius 3 is 1.45 bits per heavy atom. The third kappa shape index (κ3) is 39.7. The number of likely N-dealkylation sites (N-methyl/N-ethyl adjacent to an activating group) is 1. The van der Waals surface area contributed by atoms with Crippen molar-refractivity contribution in [2.45, 2.75) is 174 Å². The maximum Gasteiger partial charge on any atom is 0.362 e. The number of carboxylic acid groups (broad SMARTS) is 1. The maximum absolute atomic E-state index is 12.7. The first-order valence-corrected chi connectivity index (χ1v) is 23.3. The number of esters is 2. The van der Waals surface area contributed by atoms with Crippen LogP contribution in [0.1, 0.15) is 162 Å². The van der Waals surface area contributed by atoms with Gasteiger partial charge in [0.25, 0.3) is 0 Å². The van der Waals surface area contributed by atoms with Crippen LogP contribution in [0, 0.1) is 0 Å². The molecule has 0 fully saturated rings. The number of ether oxygens (including phenoxy) is 3. The zero-order valence-corrected chi connectivity index (χ0v) is 38.6. The molecule has 8 nitrogen and oxygen atoms in total. The minimum Gasteiger partial charge on any atom is -0.477 e. The summed E-state index contributed by atoms with van der Waals surface area (Å²) in [4.78, 5) is 37.0. The molecule has 0 aromatic heterocycles. The van der Waals surface area contributed by atoms with Gasteiger partial charge in [0.2, 0.25) is 0 Å². The number of rotatable bonds is 40. The molecule has 60 heavy (non-hydrogen) atoms. The molecule has 8 heteroatoms. The molecule has 0 spiro atoms. The fourth-order valence-electron chi connectivity index (χ4n) is 6.15. The lowest BCUT2D eigenvalue weighted by atomic mass is 10.1. The first-order valence-electron chi connectivity index (χ1n) is 23.3. The highest BCUT2D eigenvalue weighted by molar-refractivity contribution is 5.72. The van der Waals surface area contributed by atoms with Gasteiger partial charge in [0, 0.05) is 19.3 Å². The first kappa shape index (κ1) is 56.2. The molecule has 0 heterocycles. The van der Waals surface area contributed by atoms with Crippen LogP contribution in [-0.2, 0) is 28.6 Å². The van der Waals surface area contributed by atoms with Crippen LogP contribution in [0.2, 0.25) is 0 Å². The molecule has 0 aliphatic carbocycles. The van der Waals surface area contributed by atoms with E-state index >= 15 is 0 Å². The van der Waals surface area contributed by atoms with E-state index in [-0.39, 0.29) is 36.7 Å². The molecule has 2 unspecified atom stereocenters. The Balaban J connectivity index is 4.47. The summed E-state index contributed by atoms with van der Waals surface area (Å²) < 4.78 is 17.2.